The molecule has 0 saturated carbocycles. The summed E-state index contributed by atoms with van der Waals surface area (Å²) in [5.41, 5.74) is 1.09. The molecule has 1 aromatic carbocycles. The predicted molar refractivity (Wildman–Crippen MR) is 88.7 cm³/mol. The van der Waals surface area contributed by atoms with E-state index in [0.29, 0.717) is 6.42 Å². The third kappa shape index (κ3) is 25.6. The third-order valence-corrected chi connectivity index (χ3v) is 2.22. The van der Waals surface area contributed by atoms with Crippen molar-refractivity contribution >= 4 is 5.78 Å². The lowest BCUT2D eigenvalue weighted by molar-refractivity contribution is -0.116. The number of halogens is 1. The zero-order valence-corrected chi connectivity index (χ0v) is 14.4. The molecule has 118 valence electrons. The van der Waals surface area contributed by atoms with Crippen LogP contribution in [0.25, 0.3) is 0 Å². The largest absolute Gasteiger partial charge is 0.300 e. The van der Waals surface area contributed by atoms with Gasteiger partial charge in [-0.1, -0.05) is 71.6 Å². The Balaban J connectivity index is -0.000000213. The van der Waals surface area contributed by atoms with E-state index in [0.717, 1.165) is 5.56 Å². The number of hydrogen-bond acceptors (Lipinski definition) is 1. The molecule has 0 heterocycles. The number of hydrogen-bond donors (Lipinski definition) is 0. The molecular weight excluding hydrogens is 251 g/mol. The fourth-order valence-electron chi connectivity index (χ4n) is 0.887. The highest BCUT2D eigenvalue weighted by Gasteiger charge is 1.83. The van der Waals surface area contributed by atoms with Gasteiger partial charge in [-0.15, -0.1) is 0 Å². The molecule has 0 aliphatic rings. The Morgan fingerprint density at radius 3 is 1.50 bits per heavy atom. The summed E-state index contributed by atoms with van der Waals surface area (Å²) in [6, 6.07) is 6.40. The predicted octanol–water partition coefficient (Wildman–Crippen LogP) is 6.34. The van der Waals surface area contributed by atoms with Gasteiger partial charge in [0, 0.05) is 6.42 Å². The smallest absolute Gasteiger partial charge is 0.129 e. The quantitative estimate of drug-likeness (QED) is 0.632. The average Bonchev–Trinajstić information content (AvgIpc) is 2.46. The van der Waals surface area contributed by atoms with Crippen LogP contribution in [0.2, 0.25) is 0 Å². The summed E-state index contributed by atoms with van der Waals surface area (Å²) in [7, 11) is 0. The van der Waals surface area contributed by atoms with Gasteiger partial charge in [0.2, 0.25) is 0 Å². The van der Waals surface area contributed by atoms with Crippen molar-refractivity contribution in [3.8, 4) is 0 Å². The first kappa shape index (κ1) is 23.9. The molecule has 0 radical (unpaired) electrons. The van der Waals surface area contributed by atoms with Gasteiger partial charge < -0.3 is 4.79 Å². The molecular formula is C18H33FO. The van der Waals surface area contributed by atoms with Gasteiger partial charge in [0.05, 0.1) is 0 Å². The maximum atomic E-state index is 12.1. The highest BCUT2D eigenvalue weighted by molar-refractivity contribution is 5.74. The minimum Gasteiger partial charge on any atom is -0.300 e. The fraction of sp³-hybridized carbons (Fsp3) is 0.611. The van der Waals surface area contributed by atoms with Gasteiger partial charge in [-0.3, -0.25) is 0 Å². The average molecular weight is 284 g/mol. The van der Waals surface area contributed by atoms with Gasteiger partial charge in [-0.25, -0.2) is 4.39 Å². The van der Waals surface area contributed by atoms with Gasteiger partial charge in [-0.2, -0.15) is 0 Å². The van der Waals surface area contributed by atoms with E-state index in [9.17, 15) is 9.18 Å². The molecule has 0 aromatic heterocycles. The van der Waals surface area contributed by atoms with E-state index in [1.165, 1.54) is 31.4 Å². The second-order valence-corrected chi connectivity index (χ2v) is 4.20. The number of aryl methyl sites for hydroxylation is 1. The van der Waals surface area contributed by atoms with Crippen LogP contribution in [0.4, 0.5) is 4.39 Å². The Labute approximate surface area is 125 Å². The minimum absolute atomic E-state index is 0.171. The highest BCUT2D eigenvalue weighted by atomic mass is 19.1. The summed E-state index contributed by atoms with van der Waals surface area (Å²) < 4.78 is 12.1. The Bertz CT molecular complexity index is 268. The van der Waals surface area contributed by atoms with E-state index in [1.54, 1.807) is 19.1 Å². The zero-order valence-electron chi connectivity index (χ0n) is 14.4. The maximum Gasteiger partial charge on any atom is 0.129 e. The van der Waals surface area contributed by atoms with Crippen LogP contribution in [0.15, 0.2) is 24.3 Å². The SMILES string of the molecule is CC.CCC(C)=O.CCCCC.Cc1ccc(F)cc1. The second-order valence-electron chi connectivity index (χ2n) is 4.20. The van der Waals surface area contributed by atoms with Gasteiger partial charge >= 0.3 is 0 Å². The molecule has 0 atom stereocenters. The van der Waals surface area contributed by atoms with Crippen LogP contribution >= 0.6 is 0 Å². The number of rotatable bonds is 3. The zero-order chi connectivity index (χ0) is 16.4. The molecule has 0 bridgehead atoms. The summed E-state index contributed by atoms with van der Waals surface area (Å²) in [5.74, 6) is 0.0839. The van der Waals surface area contributed by atoms with E-state index in [2.05, 4.69) is 13.8 Å². The number of unbranched alkanes of at least 4 members (excludes halogenated alkanes) is 2. The van der Waals surface area contributed by atoms with Crippen molar-refractivity contribution in [1.29, 1.82) is 0 Å². The minimum atomic E-state index is -0.171. The highest BCUT2D eigenvalue weighted by Crippen LogP contribution is 1.98. The Morgan fingerprint density at radius 2 is 1.35 bits per heavy atom. The van der Waals surface area contributed by atoms with E-state index in [-0.39, 0.29) is 11.6 Å². The van der Waals surface area contributed by atoms with Crippen LogP contribution in [0.5, 0.6) is 0 Å². The third-order valence-electron chi connectivity index (χ3n) is 2.22. The van der Waals surface area contributed by atoms with Crippen LogP contribution < -0.4 is 0 Å². The van der Waals surface area contributed by atoms with E-state index in [4.69, 9.17) is 0 Å². The molecule has 0 spiro atoms. The van der Waals surface area contributed by atoms with E-state index in [1.807, 2.05) is 27.7 Å². The molecule has 20 heavy (non-hydrogen) atoms. The van der Waals surface area contributed by atoms with Crippen molar-refractivity contribution in [2.75, 3.05) is 0 Å². The Kier molecular flexibility index (Phi) is 24.1. The first-order valence-electron chi connectivity index (χ1n) is 7.69. The number of ketones is 1. The first-order chi connectivity index (χ1) is 9.47. The molecule has 0 amide bonds. The molecule has 0 N–H and O–H groups in total. The Morgan fingerprint density at radius 1 is 1.00 bits per heavy atom. The van der Waals surface area contributed by atoms with Crippen LogP contribution in [-0.2, 0) is 4.79 Å². The van der Waals surface area contributed by atoms with E-state index >= 15 is 0 Å². The Hall–Kier alpha value is -1.18. The lowest BCUT2D eigenvalue weighted by Gasteiger charge is -1.87. The van der Waals surface area contributed by atoms with Crippen molar-refractivity contribution in [3.05, 3.63) is 35.6 Å². The standard InChI is InChI=1S/C7H7F.C5H12.C4H8O.C2H6/c1-6-2-4-7(8)5-3-6;1-3-5-4-2;1-3-4(2)5;1-2/h2-5H,1H3;3-5H2,1-2H3;3H2,1-2H3;1-2H3. The monoisotopic (exact) mass is 284 g/mol. The van der Waals surface area contributed by atoms with Crippen molar-refractivity contribution < 1.29 is 9.18 Å². The van der Waals surface area contributed by atoms with Gasteiger partial charge in [0.1, 0.15) is 11.6 Å². The topological polar surface area (TPSA) is 17.1 Å². The number of carbonyl (C=O) groups is 1. The lowest BCUT2D eigenvalue weighted by atomic mass is 10.2. The summed E-state index contributed by atoms with van der Waals surface area (Å²) in [5, 5.41) is 0. The van der Waals surface area contributed by atoms with Gasteiger partial charge in [0.25, 0.3) is 0 Å². The van der Waals surface area contributed by atoms with E-state index < -0.39 is 0 Å². The normalized spacial score (nSPS) is 8.00. The fourth-order valence-corrected chi connectivity index (χ4v) is 0.887. The molecule has 0 aliphatic carbocycles. The molecule has 0 unspecified atom stereocenters. The summed E-state index contributed by atoms with van der Waals surface area (Å²) in [6.45, 7) is 13.8. The second kappa shape index (κ2) is 20.1. The first-order valence-corrected chi connectivity index (χ1v) is 7.69. The number of Topliss-reactive ketones (excluding diaryl/α,β-unsaturated/α-hetero) is 1. The van der Waals surface area contributed by atoms with Gasteiger partial charge in [0.15, 0.2) is 0 Å². The van der Waals surface area contributed by atoms with Crippen molar-refractivity contribution in [1.82, 2.24) is 0 Å². The molecule has 2 heteroatoms. The van der Waals surface area contributed by atoms with Crippen molar-refractivity contribution in [2.24, 2.45) is 0 Å². The number of benzene rings is 1. The van der Waals surface area contributed by atoms with Crippen molar-refractivity contribution in [3.63, 3.8) is 0 Å². The number of carbonyl (C=O) groups excluding carboxylic acids is 1. The molecule has 1 rings (SSSR count). The summed E-state index contributed by atoms with van der Waals surface area (Å²) in [4.78, 5) is 9.81. The van der Waals surface area contributed by atoms with Crippen molar-refractivity contribution in [2.45, 2.75) is 74.1 Å². The summed E-state index contributed by atoms with van der Waals surface area (Å²) >= 11 is 0. The molecule has 0 aliphatic heterocycles. The maximum absolute atomic E-state index is 12.1. The van der Waals surface area contributed by atoms with Crippen LogP contribution in [-0.4, -0.2) is 5.78 Å². The molecule has 1 aromatic rings. The lowest BCUT2D eigenvalue weighted by Crippen LogP contribution is -1.80. The van der Waals surface area contributed by atoms with Crippen LogP contribution in [0.3, 0.4) is 0 Å². The van der Waals surface area contributed by atoms with Crippen LogP contribution in [0, 0.1) is 12.7 Å². The molecule has 0 fully saturated rings. The molecule has 1 nitrogen and oxygen atoms in total. The van der Waals surface area contributed by atoms with Gasteiger partial charge in [-0.05, 0) is 26.0 Å². The summed E-state index contributed by atoms with van der Waals surface area (Å²) in [6.07, 6.45) is 4.74. The molecule has 0 saturated heterocycles. The van der Waals surface area contributed by atoms with Crippen LogP contribution in [0.1, 0.15) is 72.8 Å².